The first-order valence-corrected chi connectivity index (χ1v) is 6.71. The second kappa shape index (κ2) is 6.01. The van der Waals surface area contributed by atoms with Crippen LogP contribution in [-0.2, 0) is 0 Å². The zero-order valence-corrected chi connectivity index (χ0v) is 12.4. The van der Waals surface area contributed by atoms with Gasteiger partial charge in [0.15, 0.2) is 6.29 Å². The lowest BCUT2D eigenvalue weighted by Crippen LogP contribution is -2.11. The van der Waals surface area contributed by atoms with Crippen LogP contribution in [0.4, 0.5) is 5.82 Å². The van der Waals surface area contributed by atoms with Crippen LogP contribution in [0.25, 0.3) is 0 Å². The number of aromatic nitrogens is 2. The summed E-state index contributed by atoms with van der Waals surface area (Å²) in [6, 6.07) is 8.20. The van der Waals surface area contributed by atoms with Crippen molar-refractivity contribution >= 4 is 23.7 Å². The fourth-order valence-electron chi connectivity index (χ4n) is 1.91. The van der Waals surface area contributed by atoms with E-state index in [9.17, 15) is 4.79 Å². The summed E-state index contributed by atoms with van der Waals surface area (Å²) in [4.78, 5) is 19.3. The summed E-state index contributed by atoms with van der Waals surface area (Å²) in [7, 11) is 0. The quantitative estimate of drug-likeness (QED) is 0.688. The maximum Gasteiger partial charge on any atom is 0.156 e. The Kier molecular flexibility index (Phi) is 4.35. The summed E-state index contributed by atoms with van der Waals surface area (Å²) in [5.41, 5.74) is 2.60. The zero-order valence-electron chi connectivity index (χ0n) is 11.6. The molecule has 1 aromatic carbocycles. The van der Waals surface area contributed by atoms with E-state index in [0.29, 0.717) is 17.9 Å². The number of benzene rings is 1. The third kappa shape index (κ3) is 3.14. The van der Waals surface area contributed by atoms with Gasteiger partial charge in [0.25, 0.3) is 0 Å². The maximum absolute atomic E-state index is 11.1. The smallest absolute Gasteiger partial charge is 0.156 e. The first-order chi connectivity index (χ1) is 9.51. The standard InChI is InChI=1S/C15H16ClN3O/c1-9-4-6-12(7-5-9)10(2)17-15-13(8-20)14(16)18-11(3)19-15/h4-8,10H,1-3H3,(H,17,18,19). The van der Waals surface area contributed by atoms with Gasteiger partial charge in [0.1, 0.15) is 16.8 Å². The summed E-state index contributed by atoms with van der Waals surface area (Å²) in [5, 5.41) is 3.38. The predicted molar refractivity (Wildman–Crippen MR) is 80.4 cm³/mol. The Morgan fingerprint density at radius 2 is 1.85 bits per heavy atom. The first-order valence-electron chi connectivity index (χ1n) is 6.33. The second-order valence-corrected chi connectivity index (χ2v) is 5.08. The van der Waals surface area contributed by atoms with Crippen molar-refractivity contribution in [3.63, 3.8) is 0 Å². The molecular formula is C15H16ClN3O. The van der Waals surface area contributed by atoms with Gasteiger partial charge in [-0.05, 0) is 26.3 Å². The summed E-state index contributed by atoms with van der Waals surface area (Å²) >= 11 is 5.96. The SMILES string of the molecule is Cc1ccc(C(C)Nc2nc(C)nc(Cl)c2C=O)cc1. The highest BCUT2D eigenvalue weighted by Crippen LogP contribution is 2.24. The van der Waals surface area contributed by atoms with Crippen LogP contribution in [0, 0.1) is 13.8 Å². The molecule has 1 unspecified atom stereocenters. The average Bonchev–Trinajstić information content (AvgIpc) is 2.39. The number of rotatable bonds is 4. The molecule has 0 saturated heterocycles. The predicted octanol–water partition coefficient (Wildman–Crippen LogP) is 3.73. The van der Waals surface area contributed by atoms with Crippen molar-refractivity contribution in [2.75, 3.05) is 5.32 Å². The largest absolute Gasteiger partial charge is 0.363 e. The van der Waals surface area contributed by atoms with E-state index in [0.717, 1.165) is 5.56 Å². The van der Waals surface area contributed by atoms with Crippen molar-refractivity contribution < 1.29 is 4.79 Å². The monoisotopic (exact) mass is 289 g/mol. The number of nitrogens with zero attached hydrogens (tertiary/aromatic N) is 2. The number of hydrogen-bond donors (Lipinski definition) is 1. The Balaban J connectivity index is 2.29. The molecule has 0 amide bonds. The van der Waals surface area contributed by atoms with Gasteiger partial charge >= 0.3 is 0 Å². The van der Waals surface area contributed by atoms with Gasteiger partial charge in [0, 0.05) is 6.04 Å². The summed E-state index contributed by atoms with van der Waals surface area (Å²) < 4.78 is 0. The van der Waals surface area contributed by atoms with Crippen molar-refractivity contribution in [3.05, 3.63) is 51.9 Å². The van der Waals surface area contributed by atoms with E-state index in [2.05, 4.69) is 15.3 Å². The number of halogens is 1. The van der Waals surface area contributed by atoms with Crippen LogP contribution in [0.5, 0.6) is 0 Å². The Bertz CT molecular complexity index is 626. The van der Waals surface area contributed by atoms with Crippen molar-refractivity contribution in [2.24, 2.45) is 0 Å². The molecule has 2 rings (SSSR count). The van der Waals surface area contributed by atoms with Crippen molar-refractivity contribution in [1.82, 2.24) is 9.97 Å². The molecule has 0 aliphatic heterocycles. The van der Waals surface area contributed by atoms with Crippen LogP contribution >= 0.6 is 11.6 Å². The summed E-state index contributed by atoms with van der Waals surface area (Å²) in [6.45, 7) is 5.78. The molecule has 0 radical (unpaired) electrons. The lowest BCUT2D eigenvalue weighted by molar-refractivity contribution is 0.112. The zero-order chi connectivity index (χ0) is 14.7. The number of aryl methyl sites for hydroxylation is 2. The lowest BCUT2D eigenvalue weighted by atomic mass is 10.1. The molecule has 1 aromatic heterocycles. The highest BCUT2D eigenvalue weighted by molar-refractivity contribution is 6.32. The number of anilines is 1. The van der Waals surface area contributed by atoms with Gasteiger partial charge in [-0.15, -0.1) is 0 Å². The van der Waals surface area contributed by atoms with Crippen LogP contribution in [-0.4, -0.2) is 16.3 Å². The molecule has 1 heterocycles. The summed E-state index contributed by atoms with van der Waals surface area (Å²) in [6.07, 6.45) is 0.673. The minimum Gasteiger partial charge on any atom is -0.363 e. The van der Waals surface area contributed by atoms with E-state index < -0.39 is 0 Å². The molecule has 0 saturated carbocycles. The molecular weight excluding hydrogens is 274 g/mol. The molecule has 104 valence electrons. The molecule has 0 spiro atoms. The van der Waals surface area contributed by atoms with Gasteiger partial charge in [-0.2, -0.15) is 0 Å². The third-order valence-electron chi connectivity index (χ3n) is 3.06. The van der Waals surface area contributed by atoms with Gasteiger partial charge in [0.2, 0.25) is 0 Å². The molecule has 5 heteroatoms. The van der Waals surface area contributed by atoms with Crippen LogP contribution in [0.2, 0.25) is 5.15 Å². The fourth-order valence-corrected chi connectivity index (χ4v) is 2.16. The van der Waals surface area contributed by atoms with Crippen LogP contribution < -0.4 is 5.32 Å². The highest BCUT2D eigenvalue weighted by atomic mass is 35.5. The van der Waals surface area contributed by atoms with E-state index in [1.807, 2.05) is 38.1 Å². The third-order valence-corrected chi connectivity index (χ3v) is 3.35. The highest BCUT2D eigenvalue weighted by Gasteiger charge is 2.14. The molecule has 0 aliphatic carbocycles. The van der Waals surface area contributed by atoms with Crippen molar-refractivity contribution in [2.45, 2.75) is 26.8 Å². The first kappa shape index (κ1) is 14.5. The number of nitrogens with one attached hydrogen (secondary N) is 1. The number of carbonyl (C=O) groups is 1. The Morgan fingerprint density at radius 3 is 2.45 bits per heavy atom. The topological polar surface area (TPSA) is 54.9 Å². The van der Waals surface area contributed by atoms with E-state index in [-0.39, 0.29) is 16.8 Å². The minimum atomic E-state index is 0.0136. The summed E-state index contributed by atoms with van der Waals surface area (Å²) in [5.74, 6) is 0.991. The van der Waals surface area contributed by atoms with E-state index in [4.69, 9.17) is 11.6 Å². The van der Waals surface area contributed by atoms with E-state index in [1.165, 1.54) is 5.56 Å². The molecule has 0 bridgehead atoms. The Hall–Kier alpha value is -1.94. The Morgan fingerprint density at radius 1 is 1.20 bits per heavy atom. The van der Waals surface area contributed by atoms with Crippen LogP contribution in [0.15, 0.2) is 24.3 Å². The molecule has 0 aliphatic rings. The average molecular weight is 290 g/mol. The molecule has 1 atom stereocenters. The van der Waals surface area contributed by atoms with Crippen LogP contribution in [0.1, 0.15) is 40.3 Å². The van der Waals surface area contributed by atoms with Crippen LogP contribution in [0.3, 0.4) is 0 Å². The lowest BCUT2D eigenvalue weighted by Gasteiger charge is -2.17. The molecule has 1 N–H and O–H groups in total. The van der Waals surface area contributed by atoms with Crippen molar-refractivity contribution in [3.8, 4) is 0 Å². The number of hydrogen-bond acceptors (Lipinski definition) is 4. The molecule has 0 fully saturated rings. The van der Waals surface area contributed by atoms with Gasteiger partial charge in [-0.3, -0.25) is 4.79 Å². The second-order valence-electron chi connectivity index (χ2n) is 4.72. The minimum absolute atomic E-state index is 0.0136. The van der Waals surface area contributed by atoms with E-state index >= 15 is 0 Å². The van der Waals surface area contributed by atoms with E-state index in [1.54, 1.807) is 6.92 Å². The number of aldehydes is 1. The Labute approximate surface area is 123 Å². The molecule has 2 aromatic rings. The molecule has 4 nitrogen and oxygen atoms in total. The number of carbonyl (C=O) groups excluding carboxylic acids is 1. The van der Waals surface area contributed by atoms with Gasteiger partial charge in [0.05, 0.1) is 5.56 Å². The van der Waals surface area contributed by atoms with Crippen molar-refractivity contribution in [1.29, 1.82) is 0 Å². The molecule has 20 heavy (non-hydrogen) atoms. The maximum atomic E-state index is 11.1. The van der Waals surface area contributed by atoms with Gasteiger partial charge in [-0.25, -0.2) is 9.97 Å². The normalized spacial score (nSPS) is 12.0. The van der Waals surface area contributed by atoms with Gasteiger partial charge < -0.3 is 5.32 Å². The van der Waals surface area contributed by atoms with Gasteiger partial charge in [-0.1, -0.05) is 41.4 Å². The fraction of sp³-hybridized carbons (Fsp3) is 0.267.